The number of hydrogen-bond acceptors (Lipinski definition) is 2. The first-order valence-corrected chi connectivity index (χ1v) is 6.17. The van der Waals surface area contributed by atoms with Crippen LogP contribution >= 0.6 is 0 Å². The molecule has 0 aliphatic carbocycles. The van der Waals surface area contributed by atoms with E-state index in [-0.39, 0.29) is 31.8 Å². The second-order valence-corrected chi connectivity index (χ2v) is 4.77. The zero-order valence-electron chi connectivity index (χ0n) is 10.2. The van der Waals surface area contributed by atoms with E-state index in [2.05, 4.69) is 10.2 Å². The van der Waals surface area contributed by atoms with Gasteiger partial charge < -0.3 is 4.90 Å². The highest BCUT2D eigenvalue weighted by Crippen LogP contribution is 2.28. The number of carbonyl (C=O) groups excluding carboxylic acids is 1. The molecule has 6 heteroatoms. The van der Waals surface area contributed by atoms with E-state index in [4.69, 9.17) is 0 Å². The van der Waals surface area contributed by atoms with Crippen LogP contribution in [0.5, 0.6) is 0 Å². The van der Waals surface area contributed by atoms with Crippen molar-refractivity contribution >= 4 is 16.8 Å². The van der Waals surface area contributed by atoms with Gasteiger partial charge in [-0.05, 0) is 6.07 Å². The third-order valence-electron chi connectivity index (χ3n) is 3.46. The Morgan fingerprint density at radius 3 is 2.68 bits per heavy atom. The number of alkyl halides is 2. The maximum atomic E-state index is 13.1. The first-order valence-electron chi connectivity index (χ1n) is 6.17. The van der Waals surface area contributed by atoms with E-state index in [0.29, 0.717) is 5.69 Å². The van der Waals surface area contributed by atoms with Crippen LogP contribution in [0.1, 0.15) is 23.3 Å². The largest absolute Gasteiger partial charge is 0.337 e. The number of piperidine rings is 1. The molecule has 4 nitrogen and oxygen atoms in total. The Morgan fingerprint density at radius 1 is 1.26 bits per heavy atom. The van der Waals surface area contributed by atoms with E-state index >= 15 is 0 Å². The summed E-state index contributed by atoms with van der Waals surface area (Å²) in [7, 11) is 0. The SMILES string of the molecule is O=C(c1n[nH]c2ccccc12)N1CCC(F)(F)CC1. The van der Waals surface area contributed by atoms with Crippen molar-refractivity contribution in [1.82, 2.24) is 15.1 Å². The third-order valence-corrected chi connectivity index (χ3v) is 3.46. The lowest BCUT2D eigenvalue weighted by Gasteiger charge is -2.31. The summed E-state index contributed by atoms with van der Waals surface area (Å²) in [6.07, 6.45) is -0.553. The van der Waals surface area contributed by atoms with Crippen LogP contribution in [0.25, 0.3) is 10.9 Å². The minimum absolute atomic E-state index is 0.0764. The molecule has 1 N–H and O–H groups in total. The number of halogens is 2. The predicted molar refractivity (Wildman–Crippen MR) is 66.2 cm³/mol. The Morgan fingerprint density at radius 2 is 1.95 bits per heavy atom. The number of amides is 1. The number of rotatable bonds is 1. The van der Waals surface area contributed by atoms with Crippen molar-refractivity contribution in [2.45, 2.75) is 18.8 Å². The topological polar surface area (TPSA) is 49.0 Å². The Balaban J connectivity index is 1.85. The van der Waals surface area contributed by atoms with Crippen molar-refractivity contribution in [1.29, 1.82) is 0 Å². The minimum Gasteiger partial charge on any atom is -0.337 e. The number of aromatic nitrogens is 2. The van der Waals surface area contributed by atoms with Crippen molar-refractivity contribution in [2.75, 3.05) is 13.1 Å². The van der Waals surface area contributed by atoms with Crippen LogP contribution < -0.4 is 0 Å². The smallest absolute Gasteiger partial charge is 0.274 e. The predicted octanol–water partition coefficient (Wildman–Crippen LogP) is 2.43. The van der Waals surface area contributed by atoms with Gasteiger partial charge in [-0.15, -0.1) is 0 Å². The number of para-hydroxylation sites is 1. The lowest BCUT2D eigenvalue weighted by Crippen LogP contribution is -2.42. The molecule has 1 aliphatic heterocycles. The molecule has 2 heterocycles. The molecular weight excluding hydrogens is 252 g/mol. The van der Waals surface area contributed by atoms with Crippen LogP contribution in [0.15, 0.2) is 24.3 Å². The van der Waals surface area contributed by atoms with Gasteiger partial charge in [0.15, 0.2) is 5.69 Å². The maximum Gasteiger partial charge on any atom is 0.274 e. The number of nitrogens with one attached hydrogen (secondary N) is 1. The molecule has 1 fully saturated rings. The van der Waals surface area contributed by atoms with E-state index in [0.717, 1.165) is 10.9 Å². The Bertz CT molecular complexity index is 613. The standard InChI is InChI=1S/C13H13F2N3O/c14-13(15)5-7-18(8-6-13)12(19)11-9-3-1-2-4-10(9)16-17-11/h1-4H,5-8H2,(H,16,17). The summed E-state index contributed by atoms with van der Waals surface area (Å²) in [5.41, 5.74) is 1.08. The molecule has 0 bridgehead atoms. The summed E-state index contributed by atoms with van der Waals surface area (Å²) in [6, 6.07) is 7.28. The van der Waals surface area contributed by atoms with Gasteiger partial charge in [0.25, 0.3) is 11.8 Å². The molecule has 1 saturated heterocycles. The average molecular weight is 265 g/mol. The van der Waals surface area contributed by atoms with Gasteiger partial charge in [0.2, 0.25) is 0 Å². The summed E-state index contributed by atoms with van der Waals surface area (Å²) in [6.45, 7) is 0.153. The Labute approximate surface area is 108 Å². The van der Waals surface area contributed by atoms with Gasteiger partial charge >= 0.3 is 0 Å². The van der Waals surface area contributed by atoms with E-state index < -0.39 is 5.92 Å². The van der Waals surface area contributed by atoms with Gasteiger partial charge in [0.1, 0.15) is 0 Å². The van der Waals surface area contributed by atoms with E-state index in [1.165, 1.54) is 4.90 Å². The lowest BCUT2D eigenvalue weighted by atomic mass is 10.1. The quantitative estimate of drug-likeness (QED) is 0.861. The fourth-order valence-corrected chi connectivity index (χ4v) is 2.31. The molecule has 0 unspecified atom stereocenters. The molecule has 1 aromatic carbocycles. The normalized spacial score (nSPS) is 18.7. The summed E-state index contributed by atoms with van der Waals surface area (Å²) in [5.74, 6) is -2.93. The minimum atomic E-state index is -2.65. The van der Waals surface area contributed by atoms with Gasteiger partial charge in [0.05, 0.1) is 5.52 Å². The van der Waals surface area contributed by atoms with Crippen LogP contribution in [-0.2, 0) is 0 Å². The van der Waals surface area contributed by atoms with Gasteiger partial charge in [-0.1, -0.05) is 18.2 Å². The van der Waals surface area contributed by atoms with Crippen molar-refractivity contribution < 1.29 is 13.6 Å². The van der Waals surface area contributed by atoms with Gasteiger partial charge in [-0.3, -0.25) is 9.89 Å². The number of carbonyl (C=O) groups is 1. The van der Waals surface area contributed by atoms with Crippen molar-refractivity contribution in [2.24, 2.45) is 0 Å². The van der Waals surface area contributed by atoms with Gasteiger partial charge in [0, 0.05) is 31.3 Å². The number of hydrogen-bond donors (Lipinski definition) is 1. The molecule has 1 amide bonds. The molecule has 1 aromatic heterocycles. The molecule has 19 heavy (non-hydrogen) atoms. The van der Waals surface area contributed by atoms with Crippen LogP contribution in [0.2, 0.25) is 0 Å². The number of H-pyrrole nitrogens is 1. The Hall–Kier alpha value is -1.98. The highest BCUT2D eigenvalue weighted by atomic mass is 19.3. The molecule has 0 radical (unpaired) electrons. The van der Waals surface area contributed by atoms with Crippen LogP contribution in [-0.4, -0.2) is 40.0 Å². The second-order valence-electron chi connectivity index (χ2n) is 4.77. The molecule has 0 spiro atoms. The highest BCUT2D eigenvalue weighted by molar-refractivity contribution is 6.04. The number of benzene rings is 1. The summed E-state index contributed by atoms with van der Waals surface area (Å²) < 4.78 is 26.2. The summed E-state index contributed by atoms with van der Waals surface area (Å²) in [4.78, 5) is 13.7. The zero-order valence-corrected chi connectivity index (χ0v) is 10.2. The molecule has 0 saturated carbocycles. The first-order chi connectivity index (χ1) is 9.07. The number of likely N-dealkylation sites (tertiary alicyclic amines) is 1. The summed E-state index contributed by atoms with van der Waals surface area (Å²) >= 11 is 0. The van der Waals surface area contributed by atoms with E-state index in [1.54, 1.807) is 6.07 Å². The Kier molecular flexibility index (Phi) is 2.73. The fraction of sp³-hybridized carbons (Fsp3) is 0.385. The fourth-order valence-electron chi connectivity index (χ4n) is 2.31. The summed E-state index contributed by atoms with van der Waals surface area (Å²) in [5, 5.41) is 7.51. The van der Waals surface area contributed by atoms with E-state index in [9.17, 15) is 13.6 Å². The zero-order chi connectivity index (χ0) is 13.5. The number of nitrogens with zero attached hydrogens (tertiary/aromatic N) is 2. The van der Waals surface area contributed by atoms with Crippen LogP contribution in [0.4, 0.5) is 8.78 Å². The number of aromatic amines is 1. The van der Waals surface area contributed by atoms with Crippen LogP contribution in [0.3, 0.4) is 0 Å². The second kappa shape index (κ2) is 4.29. The van der Waals surface area contributed by atoms with Gasteiger partial charge in [-0.25, -0.2) is 8.78 Å². The lowest BCUT2D eigenvalue weighted by molar-refractivity contribution is -0.0494. The van der Waals surface area contributed by atoms with Gasteiger partial charge in [-0.2, -0.15) is 5.10 Å². The number of fused-ring (bicyclic) bond motifs is 1. The first kappa shape index (κ1) is 12.1. The molecule has 2 aromatic rings. The highest BCUT2D eigenvalue weighted by Gasteiger charge is 2.36. The monoisotopic (exact) mass is 265 g/mol. The molecule has 1 aliphatic rings. The average Bonchev–Trinajstić information content (AvgIpc) is 2.82. The molecule has 0 atom stereocenters. The molecular formula is C13H13F2N3O. The molecule has 100 valence electrons. The van der Waals surface area contributed by atoms with Crippen LogP contribution in [0, 0.1) is 0 Å². The van der Waals surface area contributed by atoms with Crippen molar-refractivity contribution in [3.63, 3.8) is 0 Å². The van der Waals surface area contributed by atoms with Crippen molar-refractivity contribution in [3.05, 3.63) is 30.0 Å². The molecule has 3 rings (SSSR count). The van der Waals surface area contributed by atoms with Crippen molar-refractivity contribution in [3.8, 4) is 0 Å². The van der Waals surface area contributed by atoms with E-state index in [1.807, 2.05) is 18.2 Å². The maximum absolute atomic E-state index is 13.1. The third kappa shape index (κ3) is 2.18.